The van der Waals surface area contributed by atoms with Crippen LogP contribution in [0.2, 0.25) is 0 Å². The highest BCUT2D eigenvalue weighted by molar-refractivity contribution is 5.82. The summed E-state index contributed by atoms with van der Waals surface area (Å²) in [6.07, 6.45) is -0.695. The molecule has 0 unspecified atom stereocenters. The van der Waals surface area contributed by atoms with Gasteiger partial charge >= 0.3 is 0 Å². The Labute approximate surface area is 156 Å². The zero-order valence-electron chi connectivity index (χ0n) is 14.5. The van der Waals surface area contributed by atoms with Crippen molar-refractivity contribution in [1.82, 2.24) is 10.9 Å². The van der Waals surface area contributed by atoms with Crippen LogP contribution in [-0.2, 0) is 4.79 Å². The molecule has 0 fully saturated rings. The Bertz CT molecular complexity index is 972. The van der Waals surface area contributed by atoms with Crippen LogP contribution in [0.3, 0.4) is 0 Å². The molecule has 0 radical (unpaired) electrons. The number of hydrogen-bond acceptors (Lipinski definition) is 4. The Kier molecular flexibility index (Phi) is 3.80. The summed E-state index contributed by atoms with van der Waals surface area (Å²) in [4.78, 5) is 12.6. The Balaban J connectivity index is 1.33. The molecule has 0 bridgehead atoms. The fraction of sp³-hybridized carbons (Fsp3) is 0.136. The monoisotopic (exact) mass is 358 g/mol. The van der Waals surface area contributed by atoms with E-state index in [1.165, 1.54) is 11.1 Å². The van der Waals surface area contributed by atoms with E-state index in [1.54, 1.807) is 6.07 Å². The topological polar surface area (TPSA) is 59.6 Å². The largest absolute Gasteiger partial charge is 0.485 e. The van der Waals surface area contributed by atoms with Gasteiger partial charge in [0.25, 0.3) is 5.91 Å². The molecule has 5 rings (SSSR count). The van der Waals surface area contributed by atoms with Crippen LogP contribution < -0.4 is 20.3 Å². The first kappa shape index (κ1) is 15.9. The van der Waals surface area contributed by atoms with E-state index in [9.17, 15) is 4.79 Å². The van der Waals surface area contributed by atoms with E-state index in [2.05, 4.69) is 35.1 Å². The van der Waals surface area contributed by atoms with E-state index in [0.717, 1.165) is 11.1 Å². The molecular formula is C22H18N2O3. The van der Waals surface area contributed by atoms with Crippen LogP contribution in [0.25, 0.3) is 11.1 Å². The lowest BCUT2D eigenvalue weighted by Crippen LogP contribution is -2.50. The highest BCUT2D eigenvalue weighted by Crippen LogP contribution is 2.42. The van der Waals surface area contributed by atoms with Gasteiger partial charge in [-0.05, 0) is 34.4 Å². The first-order valence-corrected chi connectivity index (χ1v) is 8.93. The molecule has 27 heavy (non-hydrogen) atoms. The third-order valence-corrected chi connectivity index (χ3v) is 4.97. The van der Waals surface area contributed by atoms with Crippen molar-refractivity contribution in [2.45, 2.75) is 12.1 Å². The summed E-state index contributed by atoms with van der Waals surface area (Å²) in [6, 6.07) is 23.7. The summed E-state index contributed by atoms with van der Waals surface area (Å²) < 4.78 is 11.4. The molecular weight excluding hydrogens is 340 g/mol. The number of fused-ring (bicyclic) bond motifs is 4. The third kappa shape index (κ3) is 2.73. The van der Waals surface area contributed by atoms with Gasteiger partial charge in [0.05, 0.1) is 6.04 Å². The van der Waals surface area contributed by atoms with Gasteiger partial charge in [0.1, 0.15) is 6.61 Å². The van der Waals surface area contributed by atoms with Crippen molar-refractivity contribution < 1.29 is 14.3 Å². The number of ether oxygens (including phenoxy) is 2. The van der Waals surface area contributed by atoms with Gasteiger partial charge in [0.15, 0.2) is 11.5 Å². The van der Waals surface area contributed by atoms with Gasteiger partial charge in [-0.1, -0.05) is 60.7 Å². The molecule has 1 amide bonds. The molecule has 2 N–H and O–H groups in total. The number of carbonyl (C=O) groups excluding carboxylic acids is 1. The first-order valence-electron chi connectivity index (χ1n) is 8.93. The standard InChI is InChI=1S/C22H18N2O3/c25-22(20-13-26-18-11-5-6-12-19(18)27-20)24-23-21-16-9-3-1-7-14(16)15-8-2-4-10-17(15)21/h1-12,20-21,23H,13H2,(H,24,25)/t20-/m1/s1. The summed E-state index contributed by atoms with van der Waals surface area (Å²) in [7, 11) is 0. The maximum atomic E-state index is 12.6. The number of amides is 1. The van der Waals surface area contributed by atoms with Crippen LogP contribution in [0.1, 0.15) is 17.2 Å². The predicted octanol–water partition coefficient (Wildman–Crippen LogP) is 3.22. The molecule has 2 aliphatic rings. The Morgan fingerprint density at radius 1 is 0.815 bits per heavy atom. The fourth-order valence-corrected chi connectivity index (χ4v) is 3.68. The van der Waals surface area contributed by atoms with Crippen molar-refractivity contribution in [3.8, 4) is 22.6 Å². The van der Waals surface area contributed by atoms with Crippen LogP contribution >= 0.6 is 0 Å². The van der Waals surface area contributed by atoms with Crippen LogP contribution in [0, 0.1) is 0 Å². The van der Waals surface area contributed by atoms with Crippen molar-refractivity contribution in [1.29, 1.82) is 0 Å². The number of carbonyl (C=O) groups is 1. The lowest BCUT2D eigenvalue weighted by Gasteiger charge is -2.26. The quantitative estimate of drug-likeness (QED) is 0.706. The molecule has 5 nitrogen and oxygen atoms in total. The Morgan fingerprint density at radius 2 is 1.41 bits per heavy atom. The molecule has 1 atom stereocenters. The van der Waals surface area contributed by atoms with Gasteiger partial charge in [-0.15, -0.1) is 0 Å². The van der Waals surface area contributed by atoms with Crippen molar-refractivity contribution in [2.24, 2.45) is 0 Å². The first-order chi connectivity index (χ1) is 13.3. The summed E-state index contributed by atoms with van der Waals surface area (Å²) >= 11 is 0. The Morgan fingerprint density at radius 3 is 2.11 bits per heavy atom. The molecule has 1 aliphatic carbocycles. The van der Waals surface area contributed by atoms with Gasteiger partial charge in [-0.3, -0.25) is 10.2 Å². The van der Waals surface area contributed by atoms with Crippen molar-refractivity contribution in [2.75, 3.05) is 6.61 Å². The van der Waals surface area contributed by atoms with Crippen molar-refractivity contribution in [3.05, 3.63) is 83.9 Å². The van der Waals surface area contributed by atoms with E-state index in [0.29, 0.717) is 11.5 Å². The number of nitrogens with one attached hydrogen (secondary N) is 2. The molecule has 1 aliphatic heterocycles. The van der Waals surface area contributed by atoms with Gasteiger partial charge in [0, 0.05) is 0 Å². The van der Waals surface area contributed by atoms with Crippen molar-refractivity contribution >= 4 is 5.91 Å². The van der Waals surface area contributed by atoms with Crippen LogP contribution in [0.4, 0.5) is 0 Å². The summed E-state index contributed by atoms with van der Waals surface area (Å²) in [5.74, 6) is 0.986. The van der Waals surface area contributed by atoms with Crippen LogP contribution in [-0.4, -0.2) is 18.6 Å². The van der Waals surface area contributed by atoms with E-state index >= 15 is 0 Å². The normalized spacial score (nSPS) is 17.1. The molecule has 0 aromatic heterocycles. The third-order valence-electron chi connectivity index (χ3n) is 4.97. The lowest BCUT2D eigenvalue weighted by atomic mass is 10.1. The maximum Gasteiger partial charge on any atom is 0.278 e. The van der Waals surface area contributed by atoms with Gasteiger partial charge in [-0.25, -0.2) is 5.43 Å². The average Bonchev–Trinajstić information content (AvgIpc) is 3.05. The minimum Gasteiger partial charge on any atom is -0.485 e. The molecule has 0 saturated carbocycles. The highest BCUT2D eigenvalue weighted by Gasteiger charge is 2.31. The second-order valence-electron chi connectivity index (χ2n) is 6.61. The average molecular weight is 358 g/mol. The van der Waals surface area contributed by atoms with Gasteiger partial charge < -0.3 is 9.47 Å². The number of benzene rings is 3. The van der Waals surface area contributed by atoms with Crippen LogP contribution in [0.15, 0.2) is 72.8 Å². The number of para-hydroxylation sites is 2. The summed E-state index contributed by atoms with van der Waals surface area (Å²) in [5.41, 5.74) is 10.7. The van der Waals surface area contributed by atoms with Gasteiger partial charge in [0.2, 0.25) is 6.10 Å². The highest BCUT2D eigenvalue weighted by atomic mass is 16.6. The number of hydrogen-bond donors (Lipinski definition) is 2. The van der Waals surface area contributed by atoms with E-state index in [-0.39, 0.29) is 18.6 Å². The second-order valence-corrected chi connectivity index (χ2v) is 6.61. The summed E-state index contributed by atoms with van der Waals surface area (Å²) in [6.45, 7) is 0.183. The minimum atomic E-state index is -0.695. The molecule has 134 valence electrons. The zero-order chi connectivity index (χ0) is 18.2. The predicted molar refractivity (Wildman–Crippen MR) is 101 cm³/mol. The molecule has 3 aromatic carbocycles. The van der Waals surface area contributed by atoms with Crippen molar-refractivity contribution in [3.63, 3.8) is 0 Å². The van der Waals surface area contributed by atoms with Crippen LogP contribution in [0.5, 0.6) is 11.5 Å². The lowest BCUT2D eigenvalue weighted by molar-refractivity contribution is -0.131. The molecule has 5 heteroatoms. The molecule has 3 aromatic rings. The second kappa shape index (κ2) is 6.45. The van der Waals surface area contributed by atoms with E-state index in [4.69, 9.17) is 9.47 Å². The number of rotatable bonds is 3. The Hall–Kier alpha value is -3.31. The fourth-order valence-electron chi connectivity index (χ4n) is 3.68. The molecule has 0 saturated heterocycles. The van der Waals surface area contributed by atoms with E-state index in [1.807, 2.05) is 42.5 Å². The summed E-state index contributed by atoms with van der Waals surface area (Å²) in [5, 5.41) is 0. The SMILES string of the molecule is O=C(NNC1c2ccccc2-c2ccccc21)[C@H]1COc2ccccc2O1. The minimum absolute atomic E-state index is 0.0989. The zero-order valence-corrected chi connectivity index (χ0v) is 14.5. The molecule has 0 spiro atoms. The number of hydrazine groups is 1. The smallest absolute Gasteiger partial charge is 0.278 e. The molecule has 1 heterocycles. The van der Waals surface area contributed by atoms with E-state index < -0.39 is 6.10 Å². The van der Waals surface area contributed by atoms with Gasteiger partial charge in [-0.2, -0.15) is 0 Å². The maximum absolute atomic E-state index is 12.6.